The van der Waals surface area contributed by atoms with Gasteiger partial charge in [0.25, 0.3) is 5.91 Å². The highest BCUT2D eigenvalue weighted by molar-refractivity contribution is 14.1. The Balaban J connectivity index is 2.02. The van der Waals surface area contributed by atoms with E-state index >= 15 is 0 Å². The number of nitrogens with one attached hydrogen (secondary N) is 1. The number of hydrogen-bond acceptors (Lipinski definition) is 4. The molecule has 5 nitrogen and oxygen atoms in total. The molecule has 2 aromatic rings. The number of nitrogens with zero attached hydrogens (tertiary/aromatic N) is 1. The van der Waals surface area contributed by atoms with Crippen LogP contribution in [0.15, 0.2) is 35.0 Å². The number of carbonyl (C=O) groups is 1. The third-order valence-electron chi connectivity index (χ3n) is 2.12. The summed E-state index contributed by atoms with van der Waals surface area (Å²) in [6.07, 6.45) is 1.51. The van der Waals surface area contributed by atoms with E-state index in [2.05, 4.69) is 10.5 Å². The Labute approximate surface area is 111 Å². The van der Waals surface area contributed by atoms with Gasteiger partial charge in [-0.1, -0.05) is 5.16 Å². The minimum absolute atomic E-state index is 0.0953. The molecule has 0 fully saturated rings. The summed E-state index contributed by atoms with van der Waals surface area (Å²) in [5.41, 5.74) is 0.405. The van der Waals surface area contributed by atoms with Crippen LogP contribution in [-0.4, -0.2) is 16.2 Å². The number of phenols is 1. The molecule has 0 saturated carbocycles. The second-order valence-corrected chi connectivity index (χ2v) is 4.49. The minimum atomic E-state index is -0.270. The van der Waals surface area contributed by atoms with Crippen molar-refractivity contribution in [3.8, 4) is 5.75 Å². The van der Waals surface area contributed by atoms with Crippen molar-refractivity contribution in [1.82, 2.24) is 10.5 Å². The molecule has 0 unspecified atom stereocenters. The Hall–Kier alpha value is -1.57. The van der Waals surface area contributed by atoms with Gasteiger partial charge in [-0.15, -0.1) is 0 Å². The normalized spacial score (nSPS) is 10.2. The Morgan fingerprint density at radius 3 is 2.94 bits per heavy atom. The molecule has 0 radical (unpaired) electrons. The van der Waals surface area contributed by atoms with Crippen LogP contribution in [0.1, 0.15) is 16.1 Å². The lowest BCUT2D eigenvalue weighted by Crippen LogP contribution is -2.22. The highest BCUT2D eigenvalue weighted by Gasteiger charge is 2.08. The first-order valence-corrected chi connectivity index (χ1v) is 5.91. The van der Waals surface area contributed by atoms with E-state index in [0.29, 0.717) is 14.9 Å². The van der Waals surface area contributed by atoms with Gasteiger partial charge in [0.15, 0.2) is 5.76 Å². The number of benzene rings is 1. The summed E-state index contributed by atoms with van der Waals surface area (Å²) in [6, 6.07) is 6.43. The molecular weight excluding hydrogens is 335 g/mol. The molecule has 0 saturated heterocycles. The van der Waals surface area contributed by atoms with Crippen molar-refractivity contribution in [2.45, 2.75) is 6.54 Å². The molecule has 1 aromatic carbocycles. The SMILES string of the molecule is O=C(NCc1ccno1)c1ccc(I)c(O)c1. The third kappa shape index (κ3) is 2.96. The molecule has 1 aromatic heterocycles. The van der Waals surface area contributed by atoms with Gasteiger partial charge in [-0.2, -0.15) is 0 Å². The van der Waals surface area contributed by atoms with Crippen LogP contribution >= 0.6 is 22.6 Å². The van der Waals surface area contributed by atoms with E-state index < -0.39 is 0 Å². The molecule has 0 bridgehead atoms. The number of amides is 1. The summed E-state index contributed by atoms with van der Waals surface area (Å²) in [6.45, 7) is 0.269. The maximum Gasteiger partial charge on any atom is 0.251 e. The lowest BCUT2D eigenvalue weighted by Gasteiger charge is -2.04. The molecule has 0 aliphatic heterocycles. The average molecular weight is 344 g/mol. The van der Waals surface area contributed by atoms with Crippen LogP contribution in [0, 0.1) is 3.57 Å². The Bertz CT molecular complexity index is 526. The number of aromatic nitrogens is 1. The molecule has 0 spiro atoms. The van der Waals surface area contributed by atoms with Gasteiger partial charge in [-0.05, 0) is 40.8 Å². The molecule has 0 atom stereocenters. The number of aromatic hydroxyl groups is 1. The molecule has 6 heteroatoms. The Morgan fingerprint density at radius 1 is 1.47 bits per heavy atom. The van der Waals surface area contributed by atoms with Crippen molar-refractivity contribution < 1.29 is 14.4 Å². The predicted molar refractivity (Wildman–Crippen MR) is 68.5 cm³/mol. The van der Waals surface area contributed by atoms with E-state index in [-0.39, 0.29) is 18.2 Å². The summed E-state index contributed by atoms with van der Waals surface area (Å²) in [5.74, 6) is 0.402. The molecule has 2 rings (SSSR count). The number of halogens is 1. The van der Waals surface area contributed by atoms with Gasteiger partial charge in [0, 0.05) is 11.6 Å². The van der Waals surface area contributed by atoms with Crippen molar-refractivity contribution >= 4 is 28.5 Å². The van der Waals surface area contributed by atoms with Crippen LogP contribution in [0.2, 0.25) is 0 Å². The fraction of sp³-hybridized carbons (Fsp3) is 0.0909. The first kappa shape index (κ1) is 11.9. The average Bonchev–Trinajstić information content (AvgIpc) is 2.82. The van der Waals surface area contributed by atoms with Crippen molar-refractivity contribution in [2.24, 2.45) is 0 Å². The molecule has 0 aliphatic carbocycles. The first-order chi connectivity index (χ1) is 8.16. The minimum Gasteiger partial charge on any atom is -0.507 e. The van der Waals surface area contributed by atoms with E-state index in [4.69, 9.17) is 4.52 Å². The number of hydrogen-bond donors (Lipinski definition) is 2. The van der Waals surface area contributed by atoms with E-state index in [0.717, 1.165) is 0 Å². The second-order valence-electron chi connectivity index (χ2n) is 3.33. The lowest BCUT2D eigenvalue weighted by molar-refractivity contribution is 0.0946. The van der Waals surface area contributed by atoms with Crippen LogP contribution < -0.4 is 5.32 Å². The Morgan fingerprint density at radius 2 is 2.29 bits per heavy atom. The maximum absolute atomic E-state index is 11.7. The standard InChI is InChI=1S/C11H9IN2O3/c12-9-2-1-7(5-10(9)15)11(16)13-6-8-3-4-14-17-8/h1-5,15H,6H2,(H,13,16). The molecule has 1 amide bonds. The van der Waals surface area contributed by atoms with Gasteiger partial charge in [0.2, 0.25) is 0 Å². The quantitative estimate of drug-likeness (QED) is 0.835. The van der Waals surface area contributed by atoms with Crippen molar-refractivity contribution in [3.63, 3.8) is 0 Å². The van der Waals surface area contributed by atoms with Crippen molar-refractivity contribution in [1.29, 1.82) is 0 Å². The highest BCUT2D eigenvalue weighted by Crippen LogP contribution is 2.20. The van der Waals surface area contributed by atoms with Crippen molar-refractivity contribution in [3.05, 3.63) is 45.4 Å². The summed E-state index contributed by atoms with van der Waals surface area (Å²) < 4.78 is 5.55. The van der Waals surface area contributed by atoms with Gasteiger partial charge in [0.05, 0.1) is 16.3 Å². The molecule has 17 heavy (non-hydrogen) atoms. The van der Waals surface area contributed by atoms with E-state index in [1.807, 2.05) is 22.6 Å². The summed E-state index contributed by atoms with van der Waals surface area (Å²) in [7, 11) is 0. The van der Waals surface area contributed by atoms with Gasteiger partial charge in [-0.25, -0.2) is 0 Å². The molecular formula is C11H9IN2O3. The van der Waals surface area contributed by atoms with E-state index in [9.17, 15) is 9.90 Å². The lowest BCUT2D eigenvalue weighted by atomic mass is 10.2. The second kappa shape index (κ2) is 5.17. The number of rotatable bonds is 3. The topological polar surface area (TPSA) is 75.4 Å². The summed E-state index contributed by atoms with van der Waals surface area (Å²) in [5, 5.41) is 15.7. The zero-order valence-electron chi connectivity index (χ0n) is 8.68. The van der Waals surface area contributed by atoms with Gasteiger partial charge < -0.3 is 14.9 Å². The maximum atomic E-state index is 11.7. The zero-order valence-corrected chi connectivity index (χ0v) is 10.8. The Kier molecular flexibility index (Phi) is 3.62. The molecule has 88 valence electrons. The fourth-order valence-corrected chi connectivity index (χ4v) is 1.59. The summed E-state index contributed by atoms with van der Waals surface area (Å²) >= 11 is 1.99. The zero-order chi connectivity index (χ0) is 12.3. The van der Waals surface area contributed by atoms with Crippen molar-refractivity contribution in [2.75, 3.05) is 0 Å². The third-order valence-corrected chi connectivity index (χ3v) is 3.03. The first-order valence-electron chi connectivity index (χ1n) is 4.83. The number of phenolic OH excluding ortho intramolecular Hbond substituents is 1. The van der Waals surface area contributed by atoms with Crippen LogP contribution in [0.25, 0.3) is 0 Å². The summed E-state index contributed by atoms with van der Waals surface area (Å²) in [4.78, 5) is 11.7. The van der Waals surface area contributed by atoms with Crippen LogP contribution in [0.5, 0.6) is 5.75 Å². The predicted octanol–water partition coefficient (Wildman–Crippen LogP) is 1.91. The monoisotopic (exact) mass is 344 g/mol. The van der Waals surface area contributed by atoms with Gasteiger partial charge >= 0.3 is 0 Å². The molecule has 0 aliphatic rings. The van der Waals surface area contributed by atoms with Gasteiger partial charge in [0.1, 0.15) is 5.75 Å². The largest absolute Gasteiger partial charge is 0.507 e. The fourth-order valence-electron chi connectivity index (χ4n) is 1.26. The molecule has 1 heterocycles. The smallest absolute Gasteiger partial charge is 0.251 e. The van der Waals surface area contributed by atoms with Crippen LogP contribution in [-0.2, 0) is 6.54 Å². The molecule has 2 N–H and O–H groups in total. The van der Waals surface area contributed by atoms with E-state index in [1.54, 1.807) is 18.2 Å². The number of carbonyl (C=O) groups excluding carboxylic acids is 1. The van der Waals surface area contributed by atoms with Crippen LogP contribution in [0.3, 0.4) is 0 Å². The van der Waals surface area contributed by atoms with E-state index in [1.165, 1.54) is 12.3 Å². The van der Waals surface area contributed by atoms with Crippen LogP contribution in [0.4, 0.5) is 0 Å². The highest BCUT2D eigenvalue weighted by atomic mass is 127. The van der Waals surface area contributed by atoms with Gasteiger partial charge in [-0.3, -0.25) is 4.79 Å².